The van der Waals surface area contributed by atoms with Crippen LogP contribution < -0.4 is 4.90 Å². The molecular formula is C29H39F2N3O2. The van der Waals surface area contributed by atoms with E-state index >= 15 is 0 Å². The Morgan fingerprint density at radius 2 is 1.72 bits per heavy atom. The fourth-order valence-electron chi connectivity index (χ4n) is 5.53. The number of carbonyl (C=O) groups is 1. The number of benzene rings is 2. The first kappa shape index (κ1) is 26.7. The molecular weight excluding hydrogens is 460 g/mol. The molecule has 196 valence electrons. The summed E-state index contributed by atoms with van der Waals surface area (Å²) in [4.78, 5) is 19.9. The maximum atomic E-state index is 14.4. The van der Waals surface area contributed by atoms with Gasteiger partial charge in [0.15, 0.2) is 0 Å². The van der Waals surface area contributed by atoms with Gasteiger partial charge in [0.1, 0.15) is 11.6 Å². The summed E-state index contributed by atoms with van der Waals surface area (Å²) in [6, 6.07) is 11.6. The summed E-state index contributed by atoms with van der Waals surface area (Å²) in [6.45, 7) is 7.55. The molecule has 1 unspecified atom stereocenters. The van der Waals surface area contributed by atoms with Gasteiger partial charge in [-0.3, -0.25) is 9.69 Å². The summed E-state index contributed by atoms with van der Waals surface area (Å²) in [5.74, 6) is -0.626. The number of likely N-dealkylation sites (N-methyl/N-ethyl adjacent to an activating group) is 1. The minimum absolute atomic E-state index is 0.000462. The summed E-state index contributed by atoms with van der Waals surface area (Å²) in [6.07, 6.45) is 4.71. The van der Waals surface area contributed by atoms with Crippen molar-refractivity contribution in [2.75, 3.05) is 57.9 Å². The lowest BCUT2D eigenvalue weighted by molar-refractivity contribution is -0.120. The van der Waals surface area contributed by atoms with Crippen molar-refractivity contribution in [2.24, 2.45) is 0 Å². The molecule has 0 bridgehead atoms. The van der Waals surface area contributed by atoms with Crippen LogP contribution >= 0.6 is 0 Å². The molecule has 36 heavy (non-hydrogen) atoms. The molecule has 7 heteroatoms. The van der Waals surface area contributed by atoms with E-state index in [1.54, 1.807) is 23.1 Å². The Kier molecular flexibility index (Phi) is 9.46. The summed E-state index contributed by atoms with van der Waals surface area (Å²) in [7, 11) is 2.02. The van der Waals surface area contributed by atoms with E-state index in [2.05, 4.69) is 16.7 Å². The van der Waals surface area contributed by atoms with E-state index in [4.69, 9.17) is 4.74 Å². The molecule has 1 atom stereocenters. The maximum Gasteiger partial charge on any atom is 0.241 e. The lowest BCUT2D eigenvalue weighted by Gasteiger charge is -2.37. The predicted octanol–water partition coefficient (Wildman–Crippen LogP) is 5.05. The second-order valence-corrected chi connectivity index (χ2v) is 10.1. The number of hydrogen-bond acceptors (Lipinski definition) is 4. The van der Waals surface area contributed by atoms with Crippen LogP contribution in [0.3, 0.4) is 0 Å². The molecule has 0 aromatic heterocycles. The monoisotopic (exact) mass is 499 g/mol. The van der Waals surface area contributed by atoms with Gasteiger partial charge in [0, 0.05) is 31.7 Å². The van der Waals surface area contributed by atoms with E-state index in [0.717, 1.165) is 76.1 Å². The van der Waals surface area contributed by atoms with Gasteiger partial charge in [0.2, 0.25) is 5.91 Å². The van der Waals surface area contributed by atoms with Gasteiger partial charge in [0.05, 0.1) is 18.8 Å². The van der Waals surface area contributed by atoms with Crippen molar-refractivity contribution in [1.82, 2.24) is 9.80 Å². The number of halogens is 2. The van der Waals surface area contributed by atoms with Crippen molar-refractivity contribution in [3.8, 4) is 0 Å². The SMILES string of the molecule is CCCOCCN1CCC(N(C)CC(=O)N2CCCC(c3ccc(F)cc3)c3ccc(F)cc32)CC1. The van der Waals surface area contributed by atoms with Crippen molar-refractivity contribution in [3.63, 3.8) is 0 Å². The third-order valence-corrected chi connectivity index (χ3v) is 7.57. The highest BCUT2D eigenvalue weighted by atomic mass is 19.1. The van der Waals surface area contributed by atoms with E-state index in [0.29, 0.717) is 24.8 Å². The number of piperidine rings is 1. The van der Waals surface area contributed by atoms with Gasteiger partial charge >= 0.3 is 0 Å². The molecule has 1 fully saturated rings. The third-order valence-electron chi connectivity index (χ3n) is 7.57. The van der Waals surface area contributed by atoms with E-state index < -0.39 is 0 Å². The molecule has 0 saturated carbocycles. The predicted molar refractivity (Wildman–Crippen MR) is 139 cm³/mol. The number of rotatable bonds is 9. The van der Waals surface area contributed by atoms with Gasteiger partial charge < -0.3 is 14.5 Å². The maximum absolute atomic E-state index is 14.4. The van der Waals surface area contributed by atoms with Crippen LogP contribution in [-0.4, -0.2) is 74.7 Å². The largest absolute Gasteiger partial charge is 0.380 e. The molecule has 0 N–H and O–H groups in total. The summed E-state index contributed by atoms with van der Waals surface area (Å²) >= 11 is 0. The minimum atomic E-state index is -0.352. The Morgan fingerprint density at radius 1 is 1.00 bits per heavy atom. The first-order chi connectivity index (χ1) is 17.5. The zero-order valence-electron chi connectivity index (χ0n) is 21.6. The van der Waals surface area contributed by atoms with Crippen molar-refractivity contribution in [3.05, 3.63) is 65.2 Å². The van der Waals surface area contributed by atoms with Gasteiger partial charge in [0.25, 0.3) is 0 Å². The van der Waals surface area contributed by atoms with Crippen LogP contribution in [0.25, 0.3) is 0 Å². The van der Waals surface area contributed by atoms with E-state index in [1.165, 1.54) is 24.3 Å². The number of likely N-dealkylation sites (tertiary alicyclic amines) is 1. The smallest absolute Gasteiger partial charge is 0.241 e. The number of ether oxygens (including phenoxy) is 1. The molecule has 0 aliphatic carbocycles. The molecule has 2 aliphatic rings. The summed E-state index contributed by atoms with van der Waals surface area (Å²) < 4.78 is 33.5. The fraction of sp³-hybridized carbons (Fsp3) is 0.552. The molecule has 1 amide bonds. The van der Waals surface area contributed by atoms with E-state index in [-0.39, 0.29) is 23.5 Å². The van der Waals surface area contributed by atoms with Crippen molar-refractivity contribution in [2.45, 2.75) is 51.0 Å². The second kappa shape index (κ2) is 12.7. The van der Waals surface area contributed by atoms with Crippen LogP contribution in [0.2, 0.25) is 0 Å². The quantitative estimate of drug-likeness (QED) is 0.453. The summed E-state index contributed by atoms with van der Waals surface area (Å²) in [5, 5.41) is 0. The average Bonchev–Trinajstić information content (AvgIpc) is 3.07. The Bertz CT molecular complexity index is 993. The molecule has 5 nitrogen and oxygen atoms in total. The van der Waals surface area contributed by atoms with E-state index in [1.807, 2.05) is 7.05 Å². The fourth-order valence-corrected chi connectivity index (χ4v) is 5.53. The Morgan fingerprint density at radius 3 is 2.44 bits per heavy atom. The lowest BCUT2D eigenvalue weighted by Crippen LogP contribution is -2.48. The second-order valence-electron chi connectivity index (χ2n) is 10.1. The van der Waals surface area contributed by atoms with Gasteiger partial charge in [-0.1, -0.05) is 25.1 Å². The number of amides is 1. The number of nitrogens with zero attached hydrogens (tertiary/aromatic N) is 3. The molecule has 4 rings (SSSR count). The van der Waals surface area contributed by atoms with Crippen LogP contribution in [-0.2, 0) is 9.53 Å². The normalized spacial score (nSPS) is 19.4. The zero-order chi connectivity index (χ0) is 25.5. The third kappa shape index (κ3) is 6.69. The van der Waals surface area contributed by atoms with Gasteiger partial charge in [-0.05, 0) is 87.6 Å². The molecule has 2 aromatic rings. The van der Waals surface area contributed by atoms with Crippen LogP contribution in [0.4, 0.5) is 14.5 Å². The standard InChI is InChI=1S/C29H39F2N3O2/c1-3-18-36-19-17-33-15-12-25(13-16-33)32(2)21-29(35)34-14-4-5-26(22-6-8-23(30)9-7-22)27-11-10-24(31)20-28(27)34/h6-11,20,25-26H,3-5,12-19,21H2,1-2H3. The zero-order valence-corrected chi connectivity index (χ0v) is 21.6. The number of anilines is 1. The highest BCUT2D eigenvalue weighted by molar-refractivity contribution is 5.96. The lowest BCUT2D eigenvalue weighted by atomic mass is 9.87. The van der Waals surface area contributed by atoms with Crippen LogP contribution in [0.15, 0.2) is 42.5 Å². The van der Waals surface area contributed by atoms with E-state index in [9.17, 15) is 13.6 Å². The molecule has 2 aliphatic heterocycles. The molecule has 2 aromatic carbocycles. The first-order valence-corrected chi connectivity index (χ1v) is 13.3. The molecule has 0 spiro atoms. The number of carbonyl (C=O) groups excluding carboxylic acids is 1. The van der Waals surface area contributed by atoms with Crippen LogP contribution in [0, 0.1) is 11.6 Å². The van der Waals surface area contributed by atoms with Crippen molar-refractivity contribution < 1.29 is 18.3 Å². The minimum Gasteiger partial charge on any atom is -0.380 e. The van der Waals surface area contributed by atoms with Gasteiger partial charge in [-0.15, -0.1) is 0 Å². The number of fused-ring (bicyclic) bond motifs is 1. The molecule has 0 radical (unpaired) electrons. The van der Waals surface area contributed by atoms with Gasteiger partial charge in [-0.2, -0.15) is 0 Å². The van der Waals surface area contributed by atoms with Crippen LogP contribution in [0.5, 0.6) is 0 Å². The molecule has 1 saturated heterocycles. The summed E-state index contributed by atoms with van der Waals surface area (Å²) in [5.41, 5.74) is 2.56. The number of hydrogen-bond donors (Lipinski definition) is 0. The molecule has 2 heterocycles. The Hall–Kier alpha value is -2.35. The highest BCUT2D eigenvalue weighted by Gasteiger charge is 2.30. The highest BCUT2D eigenvalue weighted by Crippen LogP contribution is 2.39. The van der Waals surface area contributed by atoms with Crippen molar-refractivity contribution in [1.29, 1.82) is 0 Å². The van der Waals surface area contributed by atoms with Crippen LogP contribution in [0.1, 0.15) is 56.1 Å². The van der Waals surface area contributed by atoms with Crippen molar-refractivity contribution >= 4 is 11.6 Å². The Balaban J connectivity index is 1.40. The Labute approximate surface area is 214 Å². The average molecular weight is 500 g/mol. The first-order valence-electron chi connectivity index (χ1n) is 13.3. The topological polar surface area (TPSA) is 36.0 Å². The van der Waals surface area contributed by atoms with Gasteiger partial charge in [-0.25, -0.2) is 8.78 Å².